The molecule has 0 amide bonds. The number of nitrogens with one attached hydrogen (secondary N) is 1. The molecule has 20 heavy (non-hydrogen) atoms. The number of nitrogen functional groups attached to an aromatic ring is 1. The van der Waals surface area contributed by atoms with E-state index in [1.54, 1.807) is 19.1 Å². The number of aromatic nitrogens is 2. The highest BCUT2D eigenvalue weighted by atomic mass is 16.6. The molecule has 106 valence electrons. The van der Waals surface area contributed by atoms with Gasteiger partial charge in [0.05, 0.1) is 17.2 Å². The average Bonchev–Trinajstić information content (AvgIpc) is 2.80. The van der Waals surface area contributed by atoms with Crippen molar-refractivity contribution in [3.05, 3.63) is 33.9 Å². The zero-order chi connectivity index (χ0) is 14.7. The van der Waals surface area contributed by atoms with Crippen LogP contribution in [-0.4, -0.2) is 21.7 Å². The van der Waals surface area contributed by atoms with E-state index in [9.17, 15) is 10.1 Å². The molecule has 7 nitrogen and oxygen atoms in total. The van der Waals surface area contributed by atoms with Crippen LogP contribution in [0.5, 0.6) is 5.75 Å². The molecule has 0 fully saturated rings. The smallest absolute Gasteiger partial charge is 0.311 e. The van der Waals surface area contributed by atoms with Crippen molar-refractivity contribution in [2.24, 2.45) is 0 Å². The fourth-order valence-electron chi connectivity index (χ4n) is 2.12. The van der Waals surface area contributed by atoms with Crippen molar-refractivity contribution in [1.82, 2.24) is 10.2 Å². The van der Waals surface area contributed by atoms with Gasteiger partial charge >= 0.3 is 5.69 Å². The van der Waals surface area contributed by atoms with E-state index in [1.807, 2.05) is 6.92 Å². The molecule has 0 saturated carbocycles. The zero-order valence-electron chi connectivity index (χ0n) is 11.3. The molecule has 1 aromatic carbocycles. The Bertz CT molecular complexity index is 637. The largest absolute Gasteiger partial charge is 0.487 e. The maximum atomic E-state index is 11.1. The molecule has 1 aromatic heterocycles. The number of benzene rings is 1. The van der Waals surface area contributed by atoms with Gasteiger partial charge in [-0.05, 0) is 19.4 Å². The predicted octanol–water partition coefficient (Wildman–Crippen LogP) is 2.53. The van der Waals surface area contributed by atoms with E-state index in [1.165, 1.54) is 6.07 Å². The van der Waals surface area contributed by atoms with Crippen LogP contribution < -0.4 is 10.5 Å². The first-order chi connectivity index (χ1) is 9.60. The van der Waals surface area contributed by atoms with Crippen molar-refractivity contribution < 1.29 is 9.66 Å². The van der Waals surface area contributed by atoms with Gasteiger partial charge < -0.3 is 10.5 Å². The standard InChI is InChI=1S/C13H16N4O3/c1-3-8-11(15-16-13(8)14)9-6-5-7-10(17(18)19)12(9)20-4-2/h5-7H,3-4H2,1-2H3,(H3,14,15,16). The fourth-order valence-corrected chi connectivity index (χ4v) is 2.12. The molecular formula is C13H16N4O3. The Labute approximate surface area is 115 Å². The fraction of sp³-hybridized carbons (Fsp3) is 0.308. The summed E-state index contributed by atoms with van der Waals surface area (Å²) in [6.45, 7) is 4.06. The second kappa shape index (κ2) is 5.60. The molecule has 0 aliphatic carbocycles. The Hall–Kier alpha value is -2.57. The van der Waals surface area contributed by atoms with Crippen molar-refractivity contribution in [3.8, 4) is 17.0 Å². The number of rotatable bonds is 5. The minimum atomic E-state index is -0.458. The Morgan fingerprint density at radius 2 is 2.20 bits per heavy atom. The van der Waals surface area contributed by atoms with Crippen LogP contribution in [0.25, 0.3) is 11.3 Å². The zero-order valence-corrected chi connectivity index (χ0v) is 11.3. The predicted molar refractivity (Wildman–Crippen MR) is 75.6 cm³/mol. The number of nitro benzene ring substituents is 1. The molecule has 0 saturated heterocycles. The van der Waals surface area contributed by atoms with Crippen molar-refractivity contribution in [3.63, 3.8) is 0 Å². The lowest BCUT2D eigenvalue weighted by Gasteiger charge is -2.10. The quantitative estimate of drug-likeness (QED) is 0.644. The number of H-pyrrole nitrogens is 1. The van der Waals surface area contributed by atoms with Gasteiger partial charge in [-0.3, -0.25) is 15.2 Å². The van der Waals surface area contributed by atoms with E-state index in [0.29, 0.717) is 30.1 Å². The van der Waals surface area contributed by atoms with Gasteiger partial charge in [0.15, 0.2) is 0 Å². The lowest BCUT2D eigenvalue weighted by Crippen LogP contribution is -2.00. The molecule has 1 heterocycles. The van der Waals surface area contributed by atoms with Crippen LogP contribution in [0.3, 0.4) is 0 Å². The number of aromatic amines is 1. The van der Waals surface area contributed by atoms with Crippen LogP contribution in [0, 0.1) is 10.1 Å². The molecular weight excluding hydrogens is 260 g/mol. The third-order valence-electron chi connectivity index (χ3n) is 3.00. The minimum Gasteiger partial charge on any atom is -0.487 e. The van der Waals surface area contributed by atoms with E-state index in [-0.39, 0.29) is 11.4 Å². The average molecular weight is 276 g/mol. The number of ether oxygens (including phenoxy) is 1. The van der Waals surface area contributed by atoms with Gasteiger partial charge in [0, 0.05) is 17.2 Å². The molecule has 2 aromatic rings. The topological polar surface area (TPSA) is 107 Å². The Kier molecular flexibility index (Phi) is 3.88. The molecule has 0 bridgehead atoms. The van der Waals surface area contributed by atoms with Crippen LogP contribution in [0.2, 0.25) is 0 Å². The monoisotopic (exact) mass is 276 g/mol. The number of hydrogen-bond acceptors (Lipinski definition) is 5. The van der Waals surface area contributed by atoms with E-state index in [2.05, 4.69) is 10.2 Å². The van der Waals surface area contributed by atoms with Crippen LogP contribution in [0.1, 0.15) is 19.4 Å². The molecule has 0 unspecified atom stereocenters. The summed E-state index contributed by atoms with van der Waals surface area (Å²) in [7, 11) is 0. The first-order valence-electron chi connectivity index (χ1n) is 6.33. The Morgan fingerprint density at radius 1 is 1.45 bits per heavy atom. The highest BCUT2D eigenvalue weighted by Gasteiger charge is 2.23. The molecule has 0 aliphatic rings. The van der Waals surface area contributed by atoms with E-state index >= 15 is 0 Å². The molecule has 0 aliphatic heterocycles. The van der Waals surface area contributed by atoms with Gasteiger partial charge in [-0.25, -0.2) is 0 Å². The molecule has 0 radical (unpaired) electrons. The summed E-state index contributed by atoms with van der Waals surface area (Å²) in [6, 6.07) is 4.79. The first-order valence-corrected chi connectivity index (χ1v) is 6.33. The molecule has 7 heteroatoms. The number of nitrogens with two attached hydrogens (primary N) is 1. The third kappa shape index (κ3) is 2.29. The highest BCUT2D eigenvalue weighted by molar-refractivity contribution is 5.77. The second-order valence-electron chi connectivity index (χ2n) is 4.16. The molecule has 0 atom stereocenters. The van der Waals surface area contributed by atoms with Crippen molar-refractivity contribution in [2.45, 2.75) is 20.3 Å². The van der Waals surface area contributed by atoms with Crippen molar-refractivity contribution in [1.29, 1.82) is 0 Å². The summed E-state index contributed by atoms with van der Waals surface area (Å²) < 4.78 is 5.46. The summed E-state index contributed by atoms with van der Waals surface area (Å²) in [6.07, 6.45) is 0.673. The van der Waals surface area contributed by atoms with Gasteiger partial charge in [-0.1, -0.05) is 13.0 Å². The SMILES string of the molecule is CCOc1c(-c2[nH]nc(N)c2CC)cccc1[N+](=O)[O-]. The van der Waals surface area contributed by atoms with Crippen LogP contribution in [0.15, 0.2) is 18.2 Å². The number of hydrogen-bond donors (Lipinski definition) is 2. The first kappa shape index (κ1) is 13.9. The number of nitro groups is 1. The Morgan fingerprint density at radius 3 is 2.80 bits per heavy atom. The normalized spacial score (nSPS) is 10.5. The van der Waals surface area contributed by atoms with E-state index < -0.39 is 4.92 Å². The number of anilines is 1. The summed E-state index contributed by atoms with van der Waals surface area (Å²) in [5, 5.41) is 17.9. The van der Waals surface area contributed by atoms with Crippen LogP contribution >= 0.6 is 0 Å². The summed E-state index contributed by atoms with van der Waals surface area (Å²) >= 11 is 0. The van der Waals surface area contributed by atoms with Crippen molar-refractivity contribution >= 4 is 11.5 Å². The lowest BCUT2D eigenvalue weighted by molar-refractivity contribution is -0.385. The van der Waals surface area contributed by atoms with Gasteiger partial charge in [-0.2, -0.15) is 5.10 Å². The number of para-hydroxylation sites is 1. The maximum Gasteiger partial charge on any atom is 0.311 e. The maximum absolute atomic E-state index is 11.1. The van der Waals surface area contributed by atoms with Gasteiger partial charge in [0.2, 0.25) is 5.75 Å². The van der Waals surface area contributed by atoms with Crippen LogP contribution in [0.4, 0.5) is 11.5 Å². The van der Waals surface area contributed by atoms with Gasteiger partial charge in [0.1, 0.15) is 5.82 Å². The Balaban J connectivity index is 2.66. The van der Waals surface area contributed by atoms with Gasteiger partial charge in [0.25, 0.3) is 0 Å². The van der Waals surface area contributed by atoms with Crippen molar-refractivity contribution in [2.75, 3.05) is 12.3 Å². The summed E-state index contributed by atoms with van der Waals surface area (Å²) in [5.41, 5.74) is 7.81. The summed E-state index contributed by atoms with van der Waals surface area (Å²) in [4.78, 5) is 10.7. The molecule has 3 N–H and O–H groups in total. The minimum absolute atomic E-state index is 0.0698. The third-order valence-corrected chi connectivity index (χ3v) is 3.00. The van der Waals surface area contributed by atoms with E-state index in [0.717, 1.165) is 5.56 Å². The molecule has 2 rings (SSSR count). The second-order valence-corrected chi connectivity index (χ2v) is 4.16. The van der Waals surface area contributed by atoms with Gasteiger partial charge in [-0.15, -0.1) is 0 Å². The number of nitrogens with zero attached hydrogens (tertiary/aromatic N) is 2. The lowest BCUT2D eigenvalue weighted by atomic mass is 10.0. The summed E-state index contributed by atoms with van der Waals surface area (Å²) in [5.74, 6) is 0.634. The van der Waals surface area contributed by atoms with E-state index in [4.69, 9.17) is 10.5 Å². The highest BCUT2D eigenvalue weighted by Crippen LogP contribution is 2.39. The molecule has 0 spiro atoms. The van der Waals surface area contributed by atoms with Crippen LogP contribution in [-0.2, 0) is 6.42 Å².